The van der Waals surface area contributed by atoms with Crippen LogP contribution in [-0.2, 0) is 4.79 Å². The second kappa shape index (κ2) is 2.70. The fourth-order valence-corrected chi connectivity index (χ4v) is 1.13. The van der Waals surface area contributed by atoms with E-state index in [2.05, 4.69) is 6.92 Å². The van der Waals surface area contributed by atoms with Gasteiger partial charge in [0.1, 0.15) is 5.78 Å². The molecule has 2 nitrogen and oxygen atoms in total. The zero-order valence-electron chi connectivity index (χ0n) is 6.63. The average molecular weight is 141 g/mol. The van der Waals surface area contributed by atoms with Crippen LogP contribution in [0.3, 0.4) is 0 Å². The first-order chi connectivity index (χ1) is 4.61. The lowest BCUT2D eigenvalue weighted by molar-refractivity contribution is -0.120. The Morgan fingerprint density at radius 3 is 2.60 bits per heavy atom. The molecule has 0 spiro atoms. The van der Waals surface area contributed by atoms with E-state index >= 15 is 0 Å². The highest BCUT2D eigenvalue weighted by Gasteiger charge is 2.34. The molecule has 1 saturated carbocycles. The van der Waals surface area contributed by atoms with Gasteiger partial charge in [0.25, 0.3) is 0 Å². The molecule has 1 aliphatic carbocycles. The molecule has 2 N–H and O–H groups in total. The van der Waals surface area contributed by atoms with Crippen LogP contribution in [0.2, 0.25) is 0 Å². The largest absolute Gasteiger partial charge is 0.322 e. The van der Waals surface area contributed by atoms with Crippen molar-refractivity contribution < 1.29 is 4.79 Å². The van der Waals surface area contributed by atoms with Gasteiger partial charge in [0.05, 0.1) is 6.04 Å². The van der Waals surface area contributed by atoms with Crippen molar-refractivity contribution in [2.24, 2.45) is 17.6 Å². The lowest BCUT2D eigenvalue weighted by Crippen LogP contribution is -2.26. The molecule has 3 atom stereocenters. The number of rotatable bonds is 3. The van der Waals surface area contributed by atoms with Crippen LogP contribution < -0.4 is 5.73 Å². The standard InChI is InChI=1S/C8H15NO/c1-5-3-7(5)4-8(10)6(2)9/h5-7H,3-4,9H2,1-2H3. The number of carbonyl (C=O) groups is 1. The number of hydrogen-bond acceptors (Lipinski definition) is 2. The minimum atomic E-state index is -0.257. The van der Waals surface area contributed by atoms with E-state index in [1.54, 1.807) is 6.92 Å². The molecule has 0 aromatic carbocycles. The number of ketones is 1. The Morgan fingerprint density at radius 2 is 2.30 bits per heavy atom. The first-order valence-electron chi connectivity index (χ1n) is 3.89. The molecule has 10 heavy (non-hydrogen) atoms. The number of hydrogen-bond donors (Lipinski definition) is 1. The summed E-state index contributed by atoms with van der Waals surface area (Å²) in [7, 11) is 0. The van der Waals surface area contributed by atoms with E-state index in [1.807, 2.05) is 0 Å². The molecular weight excluding hydrogens is 126 g/mol. The van der Waals surface area contributed by atoms with Crippen LogP contribution in [0.5, 0.6) is 0 Å². The summed E-state index contributed by atoms with van der Waals surface area (Å²) in [4.78, 5) is 11.0. The van der Waals surface area contributed by atoms with Crippen molar-refractivity contribution in [3.8, 4) is 0 Å². The predicted octanol–water partition coefficient (Wildman–Crippen LogP) is 0.949. The Labute approximate surface area is 61.8 Å². The van der Waals surface area contributed by atoms with Crippen LogP contribution in [0.15, 0.2) is 0 Å². The zero-order chi connectivity index (χ0) is 7.72. The van der Waals surface area contributed by atoms with Crippen molar-refractivity contribution in [3.05, 3.63) is 0 Å². The van der Waals surface area contributed by atoms with E-state index in [0.29, 0.717) is 12.3 Å². The van der Waals surface area contributed by atoms with E-state index in [9.17, 15) is 4.79 Å². The van der Waals surface area contributed by atoms with Crippen molar-refractivity contribution in [3.63, 3.8) is 0 Å². The van der Waals surface area contributed by atoms with Crippen molar-refractivity contribution >= 4 is 5.78 Å². The molecule has 58 valence electrons. The first-order valence-corrected chi connectivity index (χ1v) is 3.89. The maximum atomic E-state index is 11.0. The topological polar surface area (TPSA) is 43.1 Å². The molecule has 0 aliphatic heterocycles. The number of Topliss-reactive ketones (excluding diaryl/α,β-unsaturated/α-hetero) is 1. The van der Waals surface area contributed by atoms with Gasteiger partial charge in [-0.05, 0) is 25.2 Å². The SMILES string of the molecule is CC(N)C(=O)CC1CC1C. The van der Waals surface area contributed by atoms with Gasteiger partial charge in [-0.1, -0.05) is 6.92 Å². The minimum Gasteiger partial charge on any atom is -0.322 e. The van der Waals surface area contributed by atoms with Crippen LogP contribution in [0.25, 0.3) is 0 Å². The first kappa shape index (κ1) is 7.73. The molecule has 2 heteroatoms. The summed E-state index contributed by atoms with van der Waals surface area (Å²) < 4.78 is 0. The van der Waals surface area contributed by atoms with Crippen LogP contribution >= 0.6 is 0 Å². The van der Waals surface area contributed by atoms with Gasteiger partial charge < -0.3 is 5.73 Å². The van der Waals surface area contributed by atoms with Crippen molar-refractivity contribution in [1.29, 1.82) is 0 Å². The molecular formula is C8H15NO. The third-order valence-corrected chi connectivity index (χ3v) is 2.25. The molecule has 0 aromatic heterocycles. The van der Waals surface area contributed by atoms with Gasteiger partial charge in [-0.3, -0.25) is 4.79 Å². The summed E-state index contributed by atoms with van der Waals surface area (Å²) >= 11 is 0. The molecule has 0 radical (unpaired) electrons. The zero-order valence-corrected chi connectivity index (χ0v) is 6.63. The van der Waals surface area contributed by atoms with Gasteiger partial charge in [0.15, 0.2) is 0 Å². The monoisotopic (exact) mass is 141 g/mol. The summed E-state index contributed by atoms with van der Waals surface area (Å²) in [6, 6.07) is -0.257. The van der Waals surface area contributed by atoms with Crippen molar-refractivity contribution in [1.82, 2.24) is 0 Å². The van der Waals surface area contributed by atoms with Gasteiger partial charge >= 0.3 is 0 Å². The lowest BCUT2D eigenvalue weighted by Gasteiger charge is -2.01. The maximum absolute atomic E-state index is 11.0. The fraction of sp³-hybridized carbons (Fsp3) is 0.875. The summed E-state index contributed by atoms with van der Waals surface area (Å²) in [6.45, 7) is 3.94. The maximum Gasteiger partial charge on any atom is 0.149 e. The van der Waals surface area contributed by atoms with Gasteiger partial charge in [0.2, 0.25) is 0 Å². The van der Waals surface area contributed by atoms with Crippen LogP contribution in [0, 0.1) is 11.8 Å². The Morgan fingerprint density at radius 1 is 1.80 bits per heavy atom. The Hall–Kier alpha value is -0.370. The van der Waals surface area contributed by atoms with Crippen molar-refractivity contribution in [2.75, 3.05) is 0 Å². The molecule has 3 unspecified atom stereocenters. The minimum absolute atomic E-state index is 0.217. The smallest absolute Gasteiger partial charge is 0.149 e. The third kappa shape index (κ3) is 1.81. The molecule has 0 bridgehead atoms. The molecule has 0 amide bonds. The van der Waals surface area contributed by atoms with Crippen LogP contribution in [0.4, 0.5) is 0 Å². The summed E-state index contributed by atoms with van der Waals surface area (Å²) in [5, 5.41) is 0. The second-order valence-corrected chi connectivity index (χ2v) is 3.43. The van der Waals surface area contributed by atoms with E-state index in [4.69, 9.17) is 5.73 Å². The van der Waals surface area contributed by atoms with E-state index in [0.717, 1.165) is 5.92 Å². The summed E-state index contributed by atoms with van der Waals surface area (Å²) in [5.74, 6) is 1.63. The highest BCUT2D eigenvalue weighted by molar-refractivity contribution is 5.83. The molecule has 0 aromatic rings. The van der Waals surface area contributed by atoms with Gasteiger partial charge in [0, 0.05) is 6.42 Å². The van der Waals surface area contributed by atoms with Gasteiger partial charge in [-0.15, -0.1) is 0 Å². The summed E-state index contributed by atoms with van der Waals surface area (Å²) in [6.07, 6.45) is 1.93. The van der Waals surface area contributed by atoms with Crippen LogP contribution in [-0.4, -0.2) is 11.8 Å². The fourth-order valence-electron chi connectivity index (χ4n) is 1.13. The molecule has 0 saturated heterocycles. The number of carbonyl (C=O) groups excluding carboxylic acids is 1. The number of nitrogens with two attached hydrogens (primary N) is 1. The highest BCUT2D eigenvalue weighted by Crippen LogP contribution is 2.40. The molecule has 1 fully saturated rings. The second-order valence-electron chi connectivity index (χ2n) is 3.43. The third-order valence-electron chi connectivity index (χ3n) is 2.25. The van der Waals surface area contributed by atoms with E-state index in [-0.39, 0.29) is 11.8 Å². The van der Waals surface area contributed by atoms with Crippen LogP contribution in [0.1, 0.15) is 26.7 Å². The molecule has 0 heterocycles. The Balaban J connectivity index is 2.20. The van der Waals surface area contributed by atoms with Gasteiger partial charge in [-0.25, -0.2) is 0 Å². The predicted molar refractivity (Wildman–Crippen MR) is 40.5 cm³/mol. The Bertz CT molecular complexity index is 142. The van der Waals surface area contributed by atoms with E-state index < -0.39 is 0 Å². The Kier molecular flexibility index (Phi) is 2.09. The normalized spacial score (nSPS) is 33.5. The molecule has 1 rings (SSSR count). The highest BCUT2D eigenvalue weighted by atomic mass is 16.1. The average Bonchev–Trinajstić information content (AvgIpc) is 2.46. The van der Waals surface area contributed by atoms with Gasteiger partial charge in [-0.2, -0.15) is 0 Å². The van der Waals surface area contributed by atoms with E-state index in [1.165, 1.54) is 6.42 Å². The lowest BCUT2D eigenvalue weighted by atomic mass is 10.1. The molecule has 1 aliphatic rings. The van der Waals surface area contributed by atoms with Crippen molar-refractivity contribution in [2.45, 2.75) is 32.7 Å². The summed E-state index contributed by atoms with van der Waals surface area (Å²) in [5.41, 5.74) is 5.41. The quantitative estimate of drug-likeness (QED) is 0.636.